The summed E-state index contributed by atoms with van der Waals surface area (Å²) >= 11 is 0. The molecular weight excluding hydrogens is 316 g/mol. The van der Waals surface area contributed by atoms with E-state index in [0.29, 0.717) is 5.82 Å². The summed E-state index contributed by atoms with van der Waals surface area (Å²) in [5, 5.41) is 5.65. The average Bonchev–Trinajstić information content (AvgIpc) is 2.57. The van der Waals surface area contributed by atoms with Gasteiger partial charge in [-0.1, -0.05) is 36.4 Å². The monoisotopic (exact) mass is 340 g/mol. The number of carbonyl (C=O) groups is 2. The van der Waals surface area contributed by atoms with Crippen LogP contribution in [0.15, 0.2) is 48.7 Å². The minimum Gasteiger partial charge on any atom is -0.348 e. The minimum absolute atomic E-state index is 0.0762. The zero-order chi connectivity index (χ0) is 18.2. The Morgan fingerprint density at radius 2 is 1.76 bits per heavy atom. The number of anilines is 1. The second-order valence-corrected chi connectivity index (χ2v) is 6.14. The highest BCUT2D eigenvalue weighted by molar-refractivity contribution is 5.91. The number of likely N-dealkylation sites (N-methyl/N-ethyl adjacent to an activating group) is 1. The predicted octanol–water partition coefficient (Wildman–Crippen LogP) is 2.14. The van der Waals surface area contributed by atoms with Crippen molar-refractivity contribution in [2.75, 3.05) is 25.5 Å². The first kappa shape index (κ1) is 18.6. The van der Waals surface area contributed by atoms with Gasteiger partial charge in [0.05, 0.1) is 19.1 Å². The first-order valence-electron chi connectivity index (χ1n) is 8.19. The Balaban J connectivity index is 1.76. The van der Waals surface area contributed by atoms with Crippen molar-refractivity contribution in [1.29, 1.82) is 0 Å². The Bertz CT molecular complexity index is 701. The maximum atomic E-state index is 12.1. The van der Waals surface area contributed by atoms with E-state index in [-0.39, 0.29) is 30.9 Å². The molecule has 0 saturated heterocycles. The van der Waals surface area contributed by atoms with E-state index < -0.39 is 0 Å². The smallest absolute Gasteiger partial charge is 0.239 e. The standard InChI is InChI=1S/C19H24N4O2/c1-14-9-10-17(20-11-14)22-19(25)13-23(3)12-18(24)21-15(2)16-7-5-4-6-8-16/h4-11,15H,12-13H2,1-3H3,(H,21,24)(H,20,22,25). The SMILES string of the molecule is Cc1ccc(NC(=O)CN(C)CC(=O)NC(C)c2ccccc2)nc1. The molecule has 1 aromatic carbocycles. The van der Waals surface area contributed by atoms with E-state index >= 15 is 0 Å². The molecule has 0 radical (unpaired) electrons. The van der Waals surface area contributed by atoms with Crippen LogP contribution in [0.4, 0.5) is 5.82 Å². The summed E-state index contributed by atoms with van der Waals surface area (Å²) in [4.78, 5) is 29.9. The lowest BCUT2D eigenvalue weighted by atomic mass is 10.1. The molecule has 0 spiro atoms. The van der Waals surface area contributed by atoms with E-state index in [2.05, 4.69) is 15.6 Å². The number of aryl methyl sites for hydroxylation is 1. The molecule has 25 heavy (non-hydrogen) atoms. The third-order valence-corrected chi connectivity index (χ3v) is 3.68. The summed E-state index contributed by atoms with van der Waals surface area (Å²) in [5.74, 6) is 0.175. The number of aromatic nitrogens is 1. The number of pyridine rings is 1. The van der Waals surface area contributed by atoms with Gasteiger partial charge in [-0.25, -0.2) is 4.98 Å². The summed E-state index contributed by atoms with van der Waals surface area (Å²) in [5.41, 5.74) is 2.07. The van der Waals surface area contributed by atoms with Crippen molar-refractivity contribution in [2.24, 2.45) is 0 Å². The summed E-state index contributed by atoms with van der Waals surface area (Å²) in [6.07, 6.45) is 1.69. The Morgan fingerprint density at radius 3 is 2.40 bits per heavy atom. The molecule has 6 nitrogen and oxygen atoms in total. The summed E-state index contributed by atoms with van der Waals surface area (Å²) in [6, 6.07) is 13.3. The van der Waals surface area contributed by atoms with E-state index in [1.807, 2.05) is 50.2 Å². The van der Waals surface area contributed by atoms with Crippen LogP contribution >= 0.6 is 0 Å². The number of carbonyl (C=O) groups excluding carboxylic acids is 2. The van der Waals surface area contributed by atoms with Gasteiger partial charge < -0.3 is 10.6 Å². The second-order valence-electron chi connectivity index (χ2n) is 6.14. The highest BCUT2D eigenvalue weighted by atomic mass is 16.2. The molecule has 6 heteroatoms. The fraction of sp³-hybridized carbons (Fsp3) is 0.316. The van der Waals surface area contributed by atoms with Gasteiger partial charge in [0, 0.05) is 6.20 Å². The lowest BCUT2D eigenvalue weighted by molar-refractivity contribution is -0.123. The molecule has 1 unspecified atom stereocenters. The maximum absolute atomic E-state index is 12.1. The maximum Gasteiger partial charge on any atom is 0.239 e. The number of hydrogen-bond acceptors (Lipinski definition) is 4. The molecule has 0 saturated carbocycles. The lowest BCUT2D eigenvalue weighted by Crippen LogP contribution is -2.39. The van der Waals surface area contributed by atoms with Crippen LogP contribution in [0.25, 0.3) is 0 Å². The molecule has 2 rings (SSSR count). The lowest BCUT2D eigenvalue weighted by Gasteiger charge is -2.19. The van der Waals surface area contributed by atoms with Gasteiger partial charge in [-0.3, -0.25) is 14.5 Å². The zero-order valence-corrected chi connectivity index (χ0v) is 14.8. The minimum atomic E-state index is -0.206. The summed E-state index contributed by atoms with van der Waals surface area (Å²) in [7, 11) is 1.73. The molecule has 2 N–H and O–H groups in total. The largest absolute Gasteiger partial charge is 0.348 e. The van der Waals surface area contributed by atoms with E-state index in [4.69, 9.17) is 0 Å². The van der Waals surface area contributed by atoms with Crippen LogP contribution in [-0.4, -0.2) is 41.8 Å². The molecule has 0 bridgehead atoms. The third kappa shape index (κ3) is 6.35. The van der Waals surface area contributed by atoms with Crippen molar-refractivity contribution < 1.29 is 9.59 Å². The van der Waals surface area contributed by atoms with Crippen molar-refractivity contribution >= 4 is 17.6 Å². The van der Waals surface area contributed by atoms with Crippen molar-refractivity contribution in [3.8, 4) is 0 Å². The van der Waals surface area contributed by atoms with E-state index in [0.717, 1.165) is 11.1 Å². The van der Waals surface area contributed by atoms with Crippen LogP contribution in [0.2, 0.25) is 0 Å². The number of nitrogens with one attached hydrogen (secondary N) is 2. The van der Waals surface area contributed by atoms with Crippen molar-refractivity contribution in [2.45, 2.75) is 19.9 Å². The fourth-order valence-corrected chi connectivity index (χ4v) is 2.38. The van der Waals surface area contributed by atoms with Crippen LogP contribution in [0, 0.1) is 6.92 Å². The highest BCUT2D eigenvalue weighted by Crippen LogP contribution is 2.10. The van der Waals surface area contributed by atoms with Crippen LogP contribution in [0.3, 0.4) is 0 Å². The van der Waals surface area contributed by atoms with Crippen molar-refractivity contribution in [1.82, 2.24) is 15.2 Å². The van der Waals surface area contributed by atoms with Gasteiger partial charge in [0.15, 0.2) is 0 Å². The molecule has 1 heterocycles. The van der Waals surface area contributed by atoms with Crippen LogP contribution in [0.5, 0.6) is 0 Å². The number of amides is 2. The molecule has 0 fully saturated rings. The number of hydrogen-bond donors (Lipinski definition) is 2. The highest BCUT2D eigenvalue weighted by Gasteiger charge is 2.14. The number of rotatable bonds is 7. The predicted molar refractivity (Wildman–Crippen MR) is 98.1 cm³/mol. The number of nitrogens with zero attached hydrogens (tertiary/aromatic N) is 2. The Kier molecular flexibility index (Phi) is 6.65. The molecule has 132 valence electrons. The molecule has 1 aromatic heterocycles. The first-order valence-corrected chi connectivity index (χ1v) is 8.19. The van der Waals surface area contributed by atoms with Gasteiger partial charge in [-0.15, -0.1) is 0 Å². The molecular formula is C19H24N4O2. The Hall–Kier alpha value is -2.73. The van der Waals surface area contributed by atoms with Gasteiger partial charge in [-0.05, 0) is 38.1 Å². The van der Waals surface area contributed by atoms with Gasteiger partial charge in [0.2, 0.25) is 11.8 Å². The second kappa shape index (κ2) is 8.94. The van der Waals surface area contributed by atoms with Crippen LogP contribution in [0.1, 0.15) is 24.1 Å². The zero-order valence-electron chi connectivity index (χ0n) is 14.8. The topological polar surface area (TPSA) is 74.3 Å². The van der Waals surface area contributed by atoms with E-state index in [1.54, 1.807) is 24.2 Å². The molecule has 0 aliphatic carbocycles. The van der Waals surface area contributed by atoms with E-state index in [1.165, 1.54) is 0 Å². The molecule has 0 aliphatic rings. The molecule has 1 atom stereocenters. The van der Waals surface area contributed by atoms with E-state index in [9.17, 15) is 9.59 Å². The molecule has 2 aromatic rings. The van der Waals surface area contributed by atoms with Gasteiger partial charge in [0.25, 0.3) is 0 Å². The van der Waals surface area contributed by atoms with Crippen molar-refractivity contribution in [3.63, 3.8) is 0 Å². The van der Waals surface area contributed by atoms with Gasteiger partial charge in [-0.2, -0.15) is 0 Å². The van der Waals surface area contributed by atoms with Crippen LogP contribution < -0.4 is 10.6 Å². The third-order valence-electron chi connectivity index (χ3n) is 3.68. The Labute approximate surface area is 148 Å². The fourth-order valence-electron chi connectivity index (χ4n) is 2.38. The van der Waals surface area contributed by atoms with Crippen LogP contribution in [-0.2, 0) is 9.59 Å². The molecule has 2 amide bonds. The average molecular weight is 340 g/mol. The summed E-state index contributed by atoms with van der Waals surface area (Å²) in [6.45, 7) is 4.12. The summed E-state index contributed by atoms with van der Waals surface area (Å²) < 4.78 is 0. The molecule has 0 aliphatic heterocycles. The first-order chi connectivity index (χ1) is 11.9. The van der Waals surface area contributed by atoms with Gasteiger partial charge >= 0.3 is 0 Å². The Morgan fingerprint density at radius 1 is 1.08 bits per heavy atom. The van der Waals surface area contributed by atoms with Gasteiger partial charge in [0.1, 0.15) is 5.82 Å². The van der Waals surface area contributed by atoms with Crippen molar-refractivity contribution in [3.05, 3.63) is 59.8 Å². The number of benzene rings is 1. The quantitative estimate of drug-likeness (QED) is 0.810. The normalized spacial score (nSPS) is 11.8.